The number of ether oxygens (including phenoxy) is 2. The molecular formula is C15H27N3O2. The molecule has 0 aliphatic carbocycles. The lowest BCUT2D eigenvalue weighted by molar-refractivity contribution is 0.0691. The quantitative estimate of drug-likeness (QED) is 0.577. The first kappa shape index (κ1) is 16.7. The Morgan fingerprint density at radius 3 is 2.80 bits per heavy atom. The van der Waals surface area contributed by atoms with Crippen LogP contribution >= 0.6 is 0 Å². The lowest BCUT2D eigenvalue weighted by Crippen LogP contribution is -2.07. The number of pyridine rings is 1. The fourth-order valence-electron chi connectivity index (χ4n) is 1.70. The molecule has 0 aliphatic heterocycles. The standard InChI is InChI=1S/C15H27N3O2/c1-3-7-17-15-13-14(6-9-18-15)16-8-4-5-10-20-12-11-19-2/h6,9,13H,3-5,7-8,10-12H2,1-2H3,(H2,16,17,18). The summed E-state index contributed by atoms with van der Waals surface area (Å²) in [5.41, 5.74) is 1.11. The maximum absolute atomic E-state index is 5.42. The Kier molecular flexibility index (Phi) is 9.61. The molecule has 0 amide bonds. The van der Waals surface area contributed by atoms with Crippen LogP contribution in [-0.2, 0) is 9.47 Å². The van der Waals surface area contributed by atoms with Gasteiger partial charge in [-0.3, -0.25) is 0 Å². The van der Waals surface area contributed by atoms with Crippen molar-refractivity contribution in [3.8, 4) is 0 Å². The van der Waals surface area contributed by atoms with Gasteiger partial charge in [-0.15, -0.1) is 0 Å². The summed E-state index contributed by atoms with van der Waals surface area (Å²) in [7, 11) is 1.69. The molecule has 0 spiro atoms. The van der Waals surface area contributed by atoms with E-state index in [1.54, 1.807) is 7.11 Å². The molecule has 0 fully saturated rings. The molecule has 0 aromatic carbocycles. The van der Waals surface area contributed by atoms with Crippen LogP contribution in [0.5, 0.6) is 0 Å². The lowest BCUT2D eigenvalue weighted by Gasteiger charge is -2.09. The normalized spacial score (nSPS) is 10.5. The third-order valence-electron chi connectivity index (χ3n) is 2.79. The third-order valence-corrected chi connectivity index (χ3v) is 2.79. The van der Waals surface area contributed by atoms with Crippen LogP contribution in [0.2, 0.25) is 0 Å². The van der Waals surface area contributed by atoms with E-state index in [4.69, 9.17) is 9.47 Å². The Hall–Kier alpha value is -1.33. The zero-order chi connectivity index (χ0) is 14.5. The Bertz CT molecular complexity index is 348. The van der Waals surface area contributed by atoms with Gasteiger partial charge in [0.2, 0.25) is 0 Å². The van der Waals surface area contributed by atoms with Crippen LogP contribution in [0.15, 0.2) is 18.3 Å². The van der Waals surface area contributed by atoms with E-state index in [0.717, 1.165) is 50.5 Å². The fraction of sp³-hybridized carbons (Fsp3) is 0.667. The molecule has 0 saturated carbocycles. The van der Waals surface area contributed by atoms with Gasteiger partial charge in [-0.25, -0.2) is 4.98 Å². The number of nitrogens with zero attached hydrogens (tertiary/aromatic N) is 1. The number of rotatable bonds is 12. The van der Waals surface area contributed by atoms with Crippen LogP contribution in [0.25, 0.3) is 0 Å². The molecule has 1 rings (SSSR count). The molecule has 2 N–H and O–H groups in total. The summed E-state index contributed by atoms with van der Waals surface area (Å²) in [5.74, 6) is 0.930. The first-order valence-electron chi connectivity index (χ1n) is 7.37. The number of methoxy groups -OCH3 is 1. The largest absolute Gasteiger partial charge is 0.385 e. The highest BCUT2D eigenvalue weighted by molar-refractivity contribution is 5.51. The zero-order valence-corrected chi connectivity index (χ0v) is 12.7. The Balaban J connectivity index is 2.09. The summed E-state index contributed by atoms with van der Waals surface area (Å²) in [6.45, 7) is 6.19. The van der Waals surface area contributed by atoms with Crippen molar-refractivity contribution in [1.29, 1.82) is 0 Å². The van der Waals surface area contributed by atoms with E-state index >= 15 is 0 Å². The van der Waals surface area contributed by atoms with E-state index < -0.39 is 0 Å². The van der Waals surface area contributed by atoms with Crippen molar-refractivity contribution in [3.63, 3.8) is 0 Å². The lowest BCUT2D eigenvalue weighted by atomic mass is 10.3. The predicted octanol–water partition coefficient (Wildman–Crippen LogP) is 2.76. The van der Waals surface area contributed by atoms with Gasteiger partial charge >= 0.3 is 0 Å². The minimum Gasteiger partial charge on any atom is -0.385 e. The SMILES string of the molecule is CCCNc1cc(NCCCCOCCOC)ccn1. The summed E-state index contributed by atoms with van der Waals surface area (Å²) >= 11 is 0. The Morgan fingerprint density at radius 2 is 2.00 bits per heavy atom. The van der Waals surface area contributed by atoms with Crippen LogP contribution in [0, 0.1) is 0 Å². The van der Waals surface area contributed by atoms with Gasteiger partial charge in [-0.1, -0.05) is 6.92 Å². The summed E-state index contributed by atoms with van der Waals surface area (Å²) < 4.78 is 10.3. The number of hydrogen-bond acceptors (Lipinski definition) is 5. The summed E-state index contributed by atoms with van der Waals surface area (Å²) in [6, 6.07) is 4.04. The number of aromatic nitrogens is 1. The van der Waals surface area contributed by atoms with Crippen molar-refractivity contribution in [2.75, 3.05) is 50.7 Å². The minimum atomic E-state index is 0.669. The molecular weight excluding hydrogens is 254 g/mol. The van der Waals surface area contributed by atoms with Crippen LogP contribution < -0.4 is 10.6 Å². The van der Waals surface area contributed by atoms with E-state index in [1.807, 2.05) is 18.3 Å². The fourth-order valence-corrected chi connectivity index (χ4v) is 1.70. The summed E-state index contributed by atoms with van der Waals surface area (Å²) in [5, 5.41) is 6.69. The molecule has 0 radical (unpaired) electrons. The van der Waals surface area contributed by atoms with Crippen LogP contribution in [0.3, 0.4) is 0 Å². The molecule has 0 atom stereocenters. The molecule has 1 aromatic rings. The minimum absolute atomic E-state index is 0.669. The monoisotopic (exact) mass is 281 g/mol. The molecule has 114 valence electrons. The zero-order valence-electron chi connectivity index (χ0n) is 12.7. The van der Waals surface area contributed by atoms with Crippen molar-refractivity contribution >= 4 is 11.5 Å². The molecule has 1 heterocycles. The Labute approximate surface area is 122 Å². The second-order valence-electron chi connectivity index (χ2n) is 4.60. The highest BCUT2D eigenvalue weighted by atomic mass is 16.5. The molecule has 20 heavy (non-hydrogen) atoms. The van der Waals surface area contributed by atoms with Crippen molar-refractivity contribution in [3.05, 3.63) is 18.3 Å². The number of unbranched alkanes of at least 4 members (excludes halogenated alkanes) is 1. The van der Waals surface area contributed by atoms with Gasteiger partial charge in [-0.05, 0) is 25.3 Å². The van der Waals surface area contributed by atoms with E-state index in [0.29, 0.717) is 13.2 Å². The maximum Gasteiger partial charge on any atom is 0.127 e. The van der Waals surface area contributed by atoms with Crippen molar-refractivity contribution < 1.29 is 9.47 Å². The topological polar surface area (TPSA) is 55.4 Å². The van der Waals surface area contributed by atoms with Gasteiger partial charge in [0.1, 0.15) is 5.82 Å². The van der Waals surface area contributed by atoms with E-state index in [9.17, 15) is 0 Å². The second kappa shape index (κ2) is 11.5. The third kappa shape index (κ3) is 7.96. The molecule has 0 bridgehead atoms. The molecule has 0 unspecified atom stereocenters. The average molecular weight is 281 g/mol. The van der Waals surface area contributed by atoms with Gasteiger partial charge < -0.3 is 20.1 Å². The molecule has 5 nitrogen and oxygen atoms in total. The van der Waals surface area contributed by atoms with Crippen LogP contribution in [-0.4, -0.2) is 45.0 Å². The maximum atomic E-state index is 5.42. The Morgan fingerprint density at radius 1 is 1.10 bits per heavy atom. The van der Waals surface area contributed by atoms with Gasteiger partial charge in [0.25, 0.3) is 0 Å². The van der Waals surface area contributed by atoms with Crippen molar-refractivity contribution in [2.45, 2.75) is 26.2 Å². The van der Waals surface area contributed by atoms with E-state index in [2.05, 4.69) is 22.5 Å². The summed E-state index contributed by atoms with van der Waals surface area (Å²) in [6.07, 6.45) is 5.08. The molecule has 0 aliphatic rings. The smallest absolute Gasteiger partial charge is 0.127 e. The number of nitrogens with one attached hydrogen (secondary N) is 2. The number of anilines is 2. The first-order chi connectivity index (χ1) is 9.86. The van der Waals surface area contributed by atoms with Gasteiger partial charge in [0, 0.05) is 44.8 Å². The van der Waals surface area contributed by atoms with Crippen LogP contribution in [0.1, 0.15) is 26.2 Å². The first-order valence-corrected chi connectivity index (χ1v) is 7.37. The average Bonchev–Trinajstić information content (AvgIpc) is 2.48. The van der Waals surface area contributed by atoms with Gasteiger partial charge in [-0.2, -0.15) is 0 Å². The predicted molar refractivity (Wildman–Crippen MR) is 83.4 cm³/mol. The van der Waals surface area contributed by atoms with E-state index in [-0.39, 0.29) is 0 Å². The molecule has 1 aromatic heterocycles. The highest BCUT2D eigenvalue weighted by Crippen LogP contribution is 2.11. The van der Waals surface area contributed by atoms with Crippen molar-refractivity contribution in [1.82, 2.24) is 4.98 Å². The van der Waals surface area contributed by atoms with Crippen molar-refractivity contribution in [2.24, 2.45) is 0 Å². The second-order valence-corrected chi connectivity index (χ2v) is 4.60. The molecule has 0 saturated heterocycles. The van der Waals surface area contributed by atoms with Gasteiger partial charge in [0.05, 0.1) is 13.2 Å². The van der Waals surface area contributed by atoms with E-state index in [1.165, 1.54) is 0 Å². The summed E-state index contributed by atoms with van der Waals surface area (Å²) in [4.78, 5) is 4.28. The number of hydrogen-bond donors (Lipinski definition) is 2. The highest BCUT2D eigenvalue weighted by Gasteiger charge is 1.96. The van der Waals surface area contributed by atoms with Gasteiger partial charge in [0.15, 0.2) is 0 Å². The van der Waals surface area contributed by atoms with Crippen LogP contribution in [0.4, 0.5) is 11.5 Å². The molecule has 5 heteroatoms.